The molecule has 26 nitrogen and oxygen atoms in total. The lowest BCUT2D eigenvalue weighted by molar-refractivity contribution is -0.376. The number of aliphatic hydroxyl groups excluding tert-OH is 9. The van der Waals surface area contributed by atoms with Gasteiger partial charge in [-0.1, -0.05) is 37.1 Å². The molecule has 5 rings (SSSR count). The van der Waals surface area contributed by atoms with Crippen molar-refractivity contribution in [3.05, 3.63) is 54.1 Å². The molecule has 0 aromatic heterocycles. The number of aliphatic hydroxyl groups is 9. The van der Waals surface area contributed by atoms with Gasteiger partial charge in [0.05, 0.1) is 32.0 Å². The number of rotatable bonds is 30. The van der Waals surface area contributed by atoms with Gasteiger partial charge in [0, 0.05) is 39.4 Å². The van der Waals surface area contributed by atoms with Crippen molar-refractivity contribution in [3.8, 4) is 16.9 Å². The SMILES string of the molecule is CC(=O)N[C@H]1[C@H](OCCCNC(=O)CCCCCNC(=O)CCCCCNC(=O)COc2ccc(-c3cccc(C(=O)O)c3)cc2)O[C@H](CO)[C@@H](O[C@@H]2O[C@H](CO)[C@H](O)[C@H](O[C@H]3O[C@H](CO)[C@H](O)[C@H](O)[C@H]3O)[C@H]2O)[C@@H]1O. The maximum Gasteiger partial charge on any atom is 0.335 e. The van der Waals surface area contributed by atoms with Crippen molar-refractivity contribution in [2.75, 3.05) is 52.7 Å². The summed E-state index contributed by atoms with van der Waals surface area (Å²) in [7, 11) is 0. The number of carbonyl (C=O) groups excluding carboxylic acids is 4. The fraction of sp³-hybridized carbons (Fsp3) is 0.660. The van der Waals surface area contributed by atoms with Crippen molar-refractivity contribution < 1.29 is 108 Å². The Bertz CT molecular complexity index is 2120. The van der Waals surface area contributed by atoms with Gasteiger partial charge in [-0.15, -0.1) is 0 Å². The van der Waals surface area contributed by atoms with Crippen LogP contribution >= 0.6 is 0 Å². The van der Waals surface area contributed by atoms with Crippen molar-refractivity contribution in [2.45, 2.75) is 157 Å². The molecule has 0 aliphatic carbocycles. The fourth-order valence-corrected chi connectivity index (χ4v) is 8.66. The lowest BCUT2D eigenvalue weighted by atomic mass is 9.95. The van der Waals surface area contributed by atoms with Crippen molar-refractivity contribution in [1.82, 2.24) is 21.3 Å². The number of carboxylic acid groups (broad SMARTS) is 1. The second kappa shape index (κ2) is 31.4. The summed E-state index contributed by atoms with van der Waals surface area (Å²) in [4.78, 5) is 60.5. The molecule has 0 bridgehead atoms. The molecule has 14 N–H and O–H groups in total. The van der Waals surface area contributed by atoms with Crippen molar-refractivity contribution in [1.29, 1.82) is 0 Å². The van der Waals surface area contributed by atoms with E-state index < -0.39 is 124 Å². The van der Waals surface area contributed by atoms with Gasteiger partial charge >= 0.3 is 5.97 Å². The predicted octanol–water partition coefficient (Wildman–Crippen LogP) is -3.10. The summed E-state index contributed by atoms with van der Waals surface area (Å²) in [6.07, 6.45) is -18.6. The number of carboxylic acids is 1. The zero-order chi connectivity index (χ0) is 55.3. The second-order valence-corrected chi connectivity index (χ2v) is 18.6. The fourth-order valence-electron chi connectivity index (χ4n) is 8.66. The van der Waals surface area contributed by atoms with Gasteiger partial charge < -0.3 is 105 Å². The van der Waals surface area contributed by atoms with Crippen LogP contribution in [0.15, 0.2) is 48.5 Å². The first-order chi connectivity index (χ1) is 36.4. The number of hydrogen-bond acceptors (Lipinski definition) is 21. The van der Waals surface area contributed by atoms with Gasteiger partial charge in [0.1, 0.15) is 78.9 Å². The van der Waals surface area contributed by atoms with Crippen LogP contribution in [0.4, 0.5) is 0 Å². The smallest absolute Gasteiger partial charge is 0.335 e. The quantitative estimate of drug-likeness (QED) is 0.0345. The molecule has 0 unspecified atom stereocenters. The third-order valence-corrected chi connectivity index (χ3v) is 12.9. The molecule has 2 aromatic carbocycles. The Hall–Kier alpha value is -5.01. The minimum atomic E-state index is -1.97. The zero-order valence-electron chi connectivity index (χ0n) is 42.2. The number of unbranched alkanes of at least 4 members (excludes halogenated alkanes) is 4. The summed E-state index contributed by atoms with van der Waals surface area (Å²) in [5.41, 5.74) is 1.74. The lowest BCUT2D eigenvalue weighted by Crippen LogP contribution is -2.68. The van der Waals surface area contributed by atoms with Crippen molar-refractivity contribution >= 4 is 29.6 Å². The van der Waals surface area contributed by atoms with Gasteiger partial charge in [-0.2, -0.15) is 0 Å². The Labute approximate surface area is 438 Å². The molecule has 3 saturated heterocycles. The molecule has 15 atom stereocenters. The van der Waals surface area contributed by atoms with Crippen LogP contribution < -0.4 is 26.0 Å². The van der Waals surface area contributed by atoms with Gasteiger partial charge in [0.25, 0.3) is 5.91 Å². The Morgan fingerprint density at radius 2 is 1.11 bits per heavy atom. The normalized spacial score (nSPS) is 29.5. The van der Waals surface area contributed by atoms with Crippen LogP contribution in [0.25, 0.3) is 11.1 Å². The number of hydrogen-bond donors (Lipinski definition) is 14. The Morgan fingerprint density at radius 1 is 0.553 bits per heavy atom. The molecule has 0 spiro atoms. The molecule has 2 aromatic rings. The number of aromatic carboxylic acids is 1. The van der Waals surface area contributed by atoms with E-state index in [1.54, 1.807) is 36.4 Å². The molecule has 76 heavy (non-hydrogen) atoms. The van der Waals surface area contributed by atoms with Crippen molar-refractivity contribution in [3.63, 3.8) is 0 Å². The molecule has 4 amide bonds. The summed E-state index contributed by atoms with van der Waals surface area (Å²) in [6.45, 7) is -0.352. The first kappa shape index (κ1) is 61.8. The average Bonchev–Trinajstić information content (AvgIpc) is 3.41. The maximum absolute atomic E-state index is 12.5. The standard InChI is InChI=1S/C50H74N4O22/c1-27(58)54-38-41(64)45(75-50-44(67)46(40(63)33(24-56)73-50)76-49-43(66)42(65)39(62)32(23-55)72-49)34(25-57)74-48(38)70-21-9-20-52-36(60)13-4-2-6-18-51-35(59)12-5-3-7-19-53-37(61)26-71-31-16-14-28(15-17-31)29-10-8-11-30(22-29)47(68)69/h8,10-11,14-17,22,32-34,38-46,48-50,55-57,62-67H,2-7,9,12-13,18-21,23-26H2,1H3,(H,51,59)(H,52,60)(H,53,61)(H,54,58)(H,68,69)/t32-,33-,34-,38-,39+,40+,41-,42+,43-,44-,45-,46+,48-,49-,50+/m1/s1. The predicted molar refractivity (Wildman–Crippen MR) is 261 cm³/mol. The second-order valence-electron chi connectivity index (χ2n) is 18.6. The summed E-state index contributed by atoms with van der Waals surface area (Å²) in [5.74, 6) is -1.68. The topological polar surface area (TPSA) is 400 Å². The minimum Gasteiger partial charge on any atom is -0.484 e. The highest BCUT2D eigenvalue weighted by Crippen LogP contribution is 2.33. The number of benzene rings is 2. The zero-order valence-corrected chi connectivity index (χ0v) is 42.2. The molecule has 426 valence electrons. The highest BCUT2D eigenvalue weighted by atomic mass is 16.8. The number of carbonyl (C=O) groups is 5. The molecule has 3 fully saturated rings. The molecular formula is C50H74N4O22. The van der Waals surface area contributed by atoms with E-state index in [0.717, 1.165) is 17.5 Å². The summed E-state index contributed by atoms with van der Waals surface area (Å²) < 4.78 is 39.7. The molecule has 26 heteroatoms. The van der Waals surface area contributed by atoms with E-state index in [9.17, 15) is 75.0 Å². The number of nitrogens with one attached hydrogen (secondary N) is 4. The van der Waals surface area contributed by atoms with Crippen LogP contribution in [-0.4, -0.2) is 225 Å². The summed E-state index contributed by atoms with van der Waals surface area (Å²) in [5, 5.41) is 114. The number of amides is 4. The van der Waals surface area contributed by atoms with E-state index in [2.05, 4.69) is 21.3 Å². The highest BCUT2D eigenvalue weighted by Gasteiger charge is 2.54. The van der Waals surface area contributed by atoms with E-state index in [1.165, 1.54) is 13.0 Å². The average molecular weight is 1080 g/mol. The van der Waals surface area contributed by atoms with E-state index in [0.29, 0.717) is 57.4 Å². The van der Waals surface area contributed by atoms with E-state index >= 15 is 0 Å². The van der Waals surface area contributed by atoms with Crippen LogP contribution in [0.1, 0.15) is 75.1 Å². The first-order valence-corrected chi connectivity index (χ1v) is 25.4. The third-order valence-electron chi connectivity index (χ3n) is 12.9. The Kier molecular flexibility index (Phi) is 25.6. The molecule has 0 saturated carbocycles. The number of ether oxygens (including phenoxy) is 7. The molecule has 3 aliphatic rings. The van der Waals surface area contributed by atoms with E-state index in [-0.39, 0.29) is 55.9 Å². The molecular weight excluding hydrogens is 1010 g/mol. The lowest BCUT2D eigenvalue weighted by Gasteiger charge is -2.48. The van der Waals surface area contributed by atoms with Gasteiger partial charge in [-0.25, -0.2) is 4.79 Å². The Balaban J connectivity index is 0.915. The maximum atomic E-state index is 12.5. The monoisotopic (exact) mass is 1080 g/mol. The van der Waals surface area contributed by atoms with Crippen LogP contribution in [0.3, 0.4) is 0 Å². The van der Waals surface area contributed by atoms with Crippen LogP contribution in [0, 0.1) is 0 Å². The van der Waals surface area contributed by atoms with Crippen LogP contribution in [0.2, 0.25) is 0 Å². The Morgan fingerprint density at radius 3 is 1.70 bits per heavy atom. The van der Waals surface area contributed by atoms with Gasteiger partial charge in [0.2, 0.25) is 17.7 Å². The molecule has 3 heterocycles. The highest BCUT2D eigenvalue weighted by molar-refractivity contribution is 5.89. The first-order valence-electron chi connectivity index (χ1n) is 25.4. The van der Waals surface area contributed by atoms with E-state index in [1.807, 2.05) is 6.07 Å². The summed E-state index contributed by atoms with van der Waals surface area (Å²) >= 11 is 0. The summed E-state index contributed by atoms with van der Waals surface area (Å²) in [6, 6.07) is 12.3. The minimum absolute atomic E-state index is 0.0319. The third kappa shape index (κ3) is 18.3. The van der Waals surface area contributed by atoms with Gasteiger partial charge in [-0.05, 0) is 67.5 Å². The van der Waals surface area contributed by atoms with Crippen LogP contribution in [0.5, 0.6) is 5.75 Å². The molecule has 0 radical (unpaired) electrons. The van der Waals surface area contributed by atoms with Gasteiger partial charge in [0.15, 0.2) is 25.5 Å². The van der Waals surface area contributed by atoms with E-state index in [4.69, 9.17) is 33.2 Å². The van der Waals surface area contributed by atoms with Crippen LogP contribution in [-0.2, 0) is 47.6 Å². The van der Waals surface area contributed by atoms with Crippen molar-refractivity contribution in [2.24, 2.45) is 0 Å². The largest absolute Gasteiger partial charge is 0.484 e. The van der Waals surface area contributed by atoms with Gasteiger partial charge in [-0.3, -0.25) is 19.2 Å². The molecule has 3 aliphatic heterocycles.